The van der Waals surface area contributed by atoms with Crippen LogP contribution in [-0.2, 0) is 23.7 Å². The molecule has 2 rings (SSSR count). The number of hydrogen-bond donors (Lipinski definition) is 3. The number of aliphatic hydroxyl groups excluding tert-OH is 3. The highest BCUT2D eigenvalue weighted by atomic mass is 16.8. The van der Waals surface area contributed by atoms with Gasteiger partial charge in [-0.2, -0.15) is 0 Å². The first-order valence-corrected chi connectivity index (χ1v) is 5.49. The maximum atomic E-state index is 11.5. The predicted molar refractivity (Wildman–Crippen MR) is 54.1 cm³/mol. The van der Waals surface area contributed by atoms with Crippen molar-refractivity contribution < 1.29 is 39.1 Å². The summed E-state index contributed by atoms with van der Waals surface area (Å²) in [6, 6.07) is 0. The van der Waals surface area contributed by atoms with Crippen LogP contribution in [0, 0.1) is 0 Å². The van der Waals surface area contributed by atoms with Gasteiger partial charge in [-0.05, 0) is 0 Å². The monoisotopic (exact) mass is 264 g/mol. The largest absolute Gasteiger partial charge is 0.465 e. The highest BCUT2D eigenvalue weighted by Gasteiger charge is 2.58. The van der Waals surface area contributed by atoms with Crippen LogP contribution in [0.5, 0.6) is 0 Å². The second kappa shape index (κ2) is 4.72. The van der Waals surface area contributed by atoms with Crippen molar-refractivity contribution in [2.24, 2.45) is 0 Å². The minimum Gasteiger partial charge on any atom is -0.465 e. The van der Waals surface area contributed by atoms with E-state index in [1.165, 1.54) is 14.0 Å². The molecule has 0 aliphatic carbocycles. The summed E-state index contributed by atoms with van der Waals surface area (Å²) in [7, 11) is 1.17. The molecule has 0 spiro atoms. The van der Waals surface area contributed by atoms with Gasteiger partial charge in [0.25, 0.3) is 5.79 Å². The molecule has 0 unspecified atom stereocenters. The third kappa shape index (κ3) is 2.00. The number of fused-ring (bicyclic) bond motifs is 1. The summed E-state index contributed by atoms with van der Waals surface area (Å²) in [5, 5.41) is 28.5. The van der Waals surface area contributed by atoms with Crippen molar-refractivity contribution in [3.63, 3.8) is 0 Å². The van der Waals surface area contributed by atoms with Gasteiger partial charge in [-0.3, -0.25) is 0 Å². The Morgan fingerprint density at radius 1 is 1.33 bits per heavy atom. The van der Waals surface area contributed by atoms with Crippen molar-refractivity contribution in [3.05, 3.63) is 0 Å². The Kier molecular flexibility index (Phi) is 3.58. The molecule has 3 N–H and O–H groups in total. The average Bonchev–Trinajstić information content (AvgIpc) is 2.71. The number of rotatable bonds is 2. The molecule has 2 heterocycles. The fourth-order valence-electron chi connectivity index (χ4n) is 2.07. The van der Waals surface area contributed by atoms with Crippen LogP contribution in [0.15, 0.2) is 0 Å². The molecule has 0 aromatic heterocycles. The molecule has 0 bridgehead atoms. The Balaban J connectivity index is 2.16. The first-order valence-electron chi connectivity index (χ1n) is 5.49. The average molecular weight is 264 g/mol. The molecule has 0 radical (unpaired) electrons. The number of hydrogen-bond acceptors (Lipinski definition) is 8. The van der Waals surface area contributed by atoms with E-state index in [4.69, 9.17) is 19.3 Å². The topological polar surface area (TPSA) is 115 Å². The van der Waals surface area contributed by atoms with Crippen LogP contribution in [0.2, 0.25) is 0 Å². The van der Waals surface area contributed by atoms with Gasteiger partial charge in [0.05, 0.1) is 13.7 Å². The Morgan fingerprint density at radius 3 is 2.56 bits per heavy atom. The molecule has 18 heavy (non-hydrogen) atoms. The van der Waals surface area contributed by atoms with Crippen LogP contribution in [0.25, 0.3) is 0 Å². The Labute approximate surface area is 103 Å². The van der Waals surface area contributed by atoms with Crippen LogP contribution >= 0.6 is 0 Å². The van der Waals surface area contributed by atoms with E-state index >= 15 is 0 Å². The summed E-state index contributed by atoms with van der Waals surface area (Å²) < 4.78 is 20.3. The standard InChI is InChI=1S/C10H16O8/c1-10(9(14)15-2)17-7-6(13)5(12)4(3-11)16-8(7)18-10/h4-8,11-13H,3H2,1-2H3/t4-,5-,6+,7-,8-,10+/m1/s1. The van der Waals surface area contributed by atoms with Gasteiger partial charge in [-0.1, -0.05) is 0 Å². The molecule has 0 aromatic rings. The van der Waals surface area contributed by atoms with E-state index in [-0.39, 0.29) is 0 Å². The molecule has 6 atom stereocenters. The molecule has 8 heteroatoms. The highest BCUT2D eigenvalue weighted by molar-refractivity contribution is 5.77. The minimum atomic E-state index is -1.70. The number of carbonyl (C=O) groups is 1. The lowest BCUT2D eigenvalue weighted by atomic mass is 9.99. The summed E-state index contributed by atoms with van der Waals surface area (Å²) in [5.74, 6) is -2.47. The molecule has 0 saturated carbocycles. The number of aliphatic hydroxyl groups is 3. The zero-order chi connectivity index (χ0) is 13.5. The van der Waals surface area contributed by atoms with E-state index in [1.54, 1.807) is 0 Å². The third-order valence-electron chi connectivity index (χ3n) is 3.08. The van der Waals surface area contributed by atoms with E-state index in [2.05, 4.69) is 4.74 Å². The number of methoxy groups -OCH3 is 1. The summed E-state index contributed by atoms with van der Waals surface area (Å²) in [6.45, 7) is 0.841. The molecule has 2 aliphatic rings. The van der Waals surface area contributed by atoms with Gasteiger partial charge in [0, 0.05) is 6.92 Å². The molecule has 0 aromatic carbocycles. The van der Waals surface area contributed by atoms with Gasteiger partial charge in [-0.25, -0.2) is 4.79 Å². The van der Waals surface area contributed by atoms with Crippen molar-refractivity contribution in [1.82, 2.24) is 0 Å². The van der Waals surface area contributed by atoms with E-state index in [0.29, 0.717) is 0 Å². The van der Waals surface area contributed by atoms with Crippen molar-refractivity contribution in [2.45, 2.75) is 43.4 Å². The van der Waals surface area contributed by atoms with E-state index in [0.717, 1.165) is 0 Å². The maximum Gasteiger partial charge on any atom is 0.366 e. The maximum absolute atomic E-state index is 11.5. The van der Waals surface area contributed by atoms with E-state index in [9.17, 15) is 15.0 Å². The van der Waals surface area contributed by atoms with Gasteiger partial charge in [0.15, 0.2) is 6.29 Å². The number of esters is 1. The Hall–Kier alpha value is -0.770. The van der Waals surface area contributed by atoms with Crippen LogP contribution in [0.4, 0.5) is 0 Å². The zero-order valence-corrected chi connectivity index (χ0v) is 9.98. The second-order valence-electron chi connectivity index (χ2n) is 4.34. The zero-order valence-electron chi connectivity index (χ0n) is 9.98. The van der Waals surface area contributed by atoms with Crippen LogP contribution < -0.4 is 0 Å². The Morgan fingerprint density at radius 2 is 2.00 bits per heavy atom. The van der Waals surface area contributed by atoms with Gasteiger partial charge in [0.1, 0.15) is 24.4 Å². The minimum absolute atomic E-state index is 0.486. The lowest BCUT2D eigenvalue weighted by molar-refractivity contribution is -0.258. The fourth-order valence-corrected chi connectivity index (χ4v) is 2.07. The van der Waals surface area contributed by atoms with Crippen molar-refractivity contribution >= 4 is 5.97 Å². The van der Waals surface area contributed by atoms with Crippen LogP contribution in [0.1, 0.15) is 6.92 Å². The van der Waals surface area contributed by atoms with Crippen molar-refractivity contribution in [2.75, 3.05) is 13.7 Å². The first-order chi connectivity index (χ1) is 8.42. The molecule has 0 amide bonds. The summed E-state index contributed by atoms with van der Waals surface area (Å²) in [5.41, 5.74) is 0. The fraction of sp³-hybridized carbons (Fsp3) is 0.900. The van der Waals surface area contributed by atoms with Gasteiger partial charge in [0.2, 0.25) is 0 Å². The molecule has 2 fully saturated rings. The summed E-state index contributed by atoms with van der Waals surface area (Å²) in [6.07, 6.45) is -5.71. The van der Waals surface area contributed by atoms with Gasteiger partial charge in [-0.15, -0.1) is 0 Å². The van der Waals surface area contributed by atoms with Crippen molar-refractivity contribution in [1.29, 1.82) is 0 Å². The quantitative estimate of drug-likeness (QED) is 0.478. The van der Waals surface area contributed by atoms with E-state index < -0.39 is 49.1 Å². The second-order valence-corrected chi connectivity index (χ2v) is 4.34. The Bertz CT molecular complexity index is 334. The first kappa shape index (κ1) is 13.7. The molecular weight excluding hydrogens is 248 g/mol. The SMILES string of the molecule is COC(=O)[C@]1(C)O[C@H]2O[C@H](CO)[C@@H](O)[C@H](O)[C@H]2O1. The lowest BCUT2D eigenvalue weighted by Gasteiger charge is -2.36. The smallest absolute Gasteiger partial charge is 0.366 e. The molecule has 2 saturated heterocycles. The molecule has 2 aliphatic heterocycles. The third-order valence-corrected chi connectivity index (χ3v) is 3.08. The van der Waals surface area contributed by atoms with Crippen LogP contribution in [-0.4, -0.2) is 71.5 Å². The molecule has 104 valence electrons. The molecular formula is C10H16O8. The van der Waals surface area contributed by atoms with E-state index in [1.807, 2.05) is 0 Å². The van der Waals surface area contributed by atoms with Crippen molar-refractivity contribution in [3.8, 4) is 0 Å². The summed E-state index contributed by atoms with van der Waals surface area (Å²) >= 11 is 0. The summed E-state index contributed by atoms with van der Waals surface area (Å²) in [4.78, 5) is 11.5. The molecule has 8 nitrogen and oxygen atoms in total. The normalized spacial score (nSPS) is 47.7. The number of ether oxygens (including phenoxy) is 4. The van der Waals surface area contributed by atoms with Gasteiger partial charge >= 0.3 is 5.97 Å². The lowest BCUT2D eigenvalue weighted by Crippen LogP contribution is -2.57. The number of carbonyl (C=O) groups excluding carboxylic acids is 1. The van der Waals surface area contributed by atoms with Crippen LogP contribution in [0.3, 0.4) is 0 Å². The predicted octanol–water partition coefficient (Wildman–Crippen LogP) is -2.27. The highest BCUT2D eigenvalue weighted by Crippen LogP contribution is 2.37. The van der Waals surface area contributed by atoms with Gasteiger partial charge < -0.3 is 34.3 Å².